The number of alkyl carbamates (subject to hydrolysis) is 1. The Kier molecular flexibility index (Phi) is 3.91. The predicted octanol–water partition coefficient (Wildman–Crippen LogP) is 2.30. The molecular formula is C16H28N2O3. The van der Waals surface area contributed by atoms with E-state index in [0.29, 0.717) is 6.10 Å². The first-order valence-corrected chi connectivity index (χ1v) is 8.23. The topological polar surface area (TPSA) is 50.8 Å². The molecule has 0 saturated carbocycles. The summed E-state index contributed by atoms with van der Waals surface area (Å²) in [6.07, 6.45) is 6.09. The van der Waals surface area contributed by atoms with E-state index in [4.69, 9.17) is 9.47 Å². The van der Waals surface area contributed by atoms with Crippen LogP contribution in [0.15, 0.2) is 0 Å². The lowest BCUT2D eigenvalue weighted by atomic mass is 9.88. The summed E-state index contributed by atoms with van der Waals surface area (Å²) in [5.41, 5.74) is -0.316. The molecule has 1 amide bonds. The van der Waals surface area contributed by atoms with Crippen molar-refractivity contribution in [3.05, 3.63) is 0 Å². The number of amides is 1. The van der Waals surface area contributed by atoms with E-state index in [1.807, 2.05) is 20.8 Å². The van der Waals surface area contributed by atoms with Crippen LogP contribution in [0.5, 0.6) is 0 Å². The number of ether oxygens (including phenoxy) is 2. The molecule has 5 heteroatoms. The van der Waals surface area contributed by atoms with Gasteiger partial charge in [-0.2, -0.15) is 0 Å². The molecule has 0 aromatic heterocycles. The number of nitrogens with zero attached hydrogens (tertiary/aromatic N) is 1. The molecule has 3 saturated heterocycles. The first-order chi connectivity index (χ1) is 9.84. The first-order valence-electron chi connectivity index (χ1n) is 8.23. The van der Waals surface area contributed by atoms with Gasteiger partial charge in [-0.1, -0.05) is 0 Å². The molecule has 3 aliphatic heterocycles. The lowest BCUT2D eigenvalue weighted by Crippen LogP contribution is -2.43. The zero-order valence-corrected chi connectivity index (χ0v) is 13.5. The Bertz CT molecular complexity index is 397. The molecule has 0 aromatic carbocycles. The maximum Gasteiger partial charge on any atom is 0.407 e. The van der Waals surface area contributed by atoms with Gasteiger partial charge in [0.15, 0.2) is 0 Å². The second kappa shape index (κ2) is 5.43. The van der Waals surface area contributed by atoms with Crippen molar-refractivity contribution in [3.63, 3.8) is 0 Å². The van der Waals surface area contributed by atoms with E-state index >= 15 is 0 Å². The number of hydrogen-bond acceptors (Lipinski definition) is 4. The highest BCUT2D eigenvalue weighted by atomic mass is 16.6. The fourth-order valence-corrected chi connectivity index (χ4v) is 3.88. The molecule has 0 aliphatic carbocycles. The minimum Gasteiger partial charge on any atom is -0.444 e. The number of hydrogen-bond donors (Lipinski definition) is 1. The van der Waals surface area contributed by atoms with E-state index in [2.05, 4.69) is 10.2 Å². The molecule has 0 unspecified atom stereocenters. The van der Waals surface area contributed by atoms with Crippen molar-refractivity contribution in [1.29, 1.82) is 0 Å². The average Bonchev–Trinajstić information content (AvgIpc) is 3.03. The van der Waals surface area contributed by atoms with Crippen LogP contribution < -0.4 is 5.32 Å². The molecular weight excluding hydrogens is 268 g/mol. The van der Waals surface area contributed by atoms with Gasteiger partial charge in [-0.05, 0) is 52.9 Å². The molecule has 0 radical (unpaired) electrons. The van der Waals surface area contributed by atoms with E-state index in [0.717, 1.165) is 26.1 Å². The van der Waals surface area contributed by atoms with Crippen LogP contribution in [0.3, 0.4) is 0 Å². The minimum absolute atomic E-state index is 0.117. The molecule has 3 aliphatic rings. The lowest BCUT2D eigenvalue weighted by Gasteiger charge is -2.30. The summed E-state index contributed by atoms with van der Waals surface area (Å²) in [6, 6.07) is 0.204. The molecule has 2 bridgehead atoms. The van der Waals surface area contributed by atoms with Gasteiger partial charge in [-0.25, -0.2) is 4.79 Å². The van der Waals surface area contributed by atoms with Crippen molar-refractivity contribution in [2.45, 2.75) is 76.2 Å². The number of rotatable bonds is 3. The van der Waals surface area contributed by atoms with Crippen LogP contribution in [-0.4, -0.2) is 54.0 Å². The minimum atomic E-state index is -0.433. The Morgan fingerprint density at radius 1 is 1.33 bits per heavy atom. The molecule has 3 heterocycles. The summed E-state index contributed by atoms with van der Waals surface area (Å²) >= 11 is 0. The smallest absolute Gasteiger partial charge is 0.407 e. The van der Waals surface area contributed by atoms with Gasteiger partial charge in [-0.15, -0.1) is 0 Å². The summed E-state index contributed by atoms with van der Waals surface area (Å²) in [5.74, 6) is 0. The Hall–Kier alpha value is -0.810. The second-order valence-electron chi connectivity index (χ2n) is 7.87. The summed E-state index contributed by atoms with van der Waals surface area (Å²) < 4.78 is 11.5. The van der Waals surface area contributed by atoms with E-state index in [9.17, 15) is 4.79 Å². The first kappa shape index (κ1) is 15.1. The number of likely N-dealkylation sites (tertiary alicyclic amines) is 1. The van der Waals surface area contributed by atoms with E-state index in [1.165, 1.54) is 25.7 Å². The lowest BCUT2D eigenvalue weighted by molar-refractivity contribution is -0.00907. The molecule has 1 atom stereocenters. The fourth-order valence-electron chi connectivity index (χ4n) is 3.88. The Balaban J connectivity index is 1.44. The van der Waals surface area contributed by atoms with Crippen molar-refractivity contribution in [1.82, 2.24) is 10.2 Å². The number of carbonyl (C=O) groups is 1. The van der Waals surface area contributed by atoms with Crippen molar-refractivity contribution >= 4 is 6.09 Å². The van der Waals surface area contributed by atoms with Crippen LogP contribution in [0.4, 0.5) is 4.79 Å². The zero-order valence-electron chi connectivity index (χ0n) is 13.5. The molecule has 21 heavy (non-hydrogen) atoms. The van der Waals surface area contributed by atoms with Crippen LogP contribution in [0.25, 0.3) is 0 Å². The normalized spacial score (nSPS) is 36.1. The maximum atomic E-state index is 11.8. The largest absolute Gasteiger partial charge is 0.444 e. The Morgan fingerprint density at radius 2 is 2.05 bits per heavy atom. The quantitative estimate of drug-likeness (QED) is 0.868. The van der Waals surface area contributed by atoms with Gasteiger partial charge in [0, 0.05) is 25.7 Å². The summed E-state index contributed by atoms with van der Waals surface area (Å²) in [4.78, 5) is 14.3. The fraction of sp³-hybridized carbons (Fsp3) is 0.938. The van der Waals surface area contributed by atoms with E-state index in [-0.39, 0.29) is 17.7 Å². The van der Waals surface area contributed by atoms with Crippen LogP contribution >= 0.6 is 0 Å². The van der Waals surface area contributed by atoms with E-state index < -0.39 is 5.60 Å². The van der Waals surface area contributed by atoms with Gasteiger partial charge in [0.2, 0.25) is 0 Å². The van der Waals surface area contributed by atoms with E-state index in [1.54, 1.807) is 0 Å². The molecule has 5 nitrogen and oxygen atoms in total. The van der Waals surface area contributed by atoms with Gasteiger partial charge in [-0.3, -0.25) is 4.90 Å². The van der Waals surface area contributed by atoms with Gasteiger partial charge >= 0.3 is 6.09 Å². The molecule has 0 spiro atoms. The monoisotopic (exact) mass is 296 g/mol. The van der Waals surface area contributed by atoms with Crippen molar-refractivity contribution in [2.24, 2.45) is 0 Å². The maximum absolute atomic E-state index is 11.8. The number of fused-ring (bicyclic) bond motifs is 2. The Morgan fingerprint density at radius 3 is 2.62 bits per heavy atom. The Labute approximate surface area is 127 Å². The third kappa shape index (κ3) is 3.69. The second-order valence-corrected chi connectivity index (χ2v) is 7.87. The summed E-state index contributed by atoms with van der Waals surface area (Å²) in [6.45, 7) is 8.64. The average molecular weight is 296 g/mol. The van der Waals surface area contributed by atoms with Crippen LogP contribution in [0.2, 0.25) is 0 Å². The van der Waals surface area contributed by atoms with Gasteiger partial charge < -0.3 is 14.8 Å². The predicted molar refractivity (Wildman–Crippen MR) is 80.3 cm³/mol. The third-order valence-electron chi connectivity index (χ3n) is 4.77. The number of nitrogens with one attached hydrogen (secondary N) is 1. The molecule has 3 rings (SSSR count). The van der Waals surface area contributed by atoms with Crippen LogP contribution in [0.1, 0.15) is 52.9 Å². The molecule has 3 fully saturated rings. The highest BCUT2D eigenvalue weighted by Gasteiger charge is 2.47. The molecule has 0 aromatic rings. The standard InChI is InChI=1S/C16H28N2O3/c1-15(2,3)21-14(19)17-12-6-9-18(10-12)11-16-7-4-13(20-16)5-8-16/h12-13H,4-11H2,1-3H3,(H,17,19)/t12-,13?,16?/m1/s1. The summed E-state index contributed by atoms with van der Waals surface area (Å²) in [5, 5.41) is 2.99. The summed E-state index contributed by atoms with van der Waals surface area (Å²) in [7, 11) is 0. The van der Waals surface area contributed by atoms with Crippen molar-refractivity contribution in [2.75, 3.05) is 19.6 Å². The zero-order chi connectivity index (χ0) is 15.1. The highest BCUT2D eigenvalue weighted by Crippen LogP contribution is 2.44. The van der Waals surface area contributed by atoms with Crippen molar-refractivity contribution < 1.29 is 14.3 Å². The van der Waals surface area contributed by atoms with Crippen molar-refractivity contribution in [3.8, 4) is 0 Å². The van der Waals surface area contributed by atoms with Crippen LogP contribution in [-0.2, 0) is 9.47 Å². The van der Waals surface area contributed by atoms with Gasteiger partial charge in [0.25, 0.3) is 0 Å². The van der Waals surface area contributed by atoms with Gasteiger partial charge in [0.1, 0.15) is 5.60 Å². The third-order valence-corrected chi connectivity index (χ3v) is 4.77. The van der Waals surface area contributed by atoms with Gasteiger partial charge in [0.05, 0.1) is 11.7 Å². The SMILES string of the molecule is CC(C)(C)OC(=O)N[C@@H]1CCN(CC23CCC(CC2)O3)C1. The number of carbonyl (C=O) groups excluding carboxylic acids is 1. The highest BCUT2D eigenvalue weighted by molar-refractivity contribution is 5.68. The molecule has 1 N–H and O–H groups in total. The molecule has 120 valence electrons. The van der Waals surface area contributed by atoms with Crippen LogP contribution in [0, 0.1) is 0 Å².